The number of methoxy groups -OCH3 is 1. The molecule has 1 aromatic heterocycles. The first-order valence-corrected chi connectivity index (χ1v) is 10.1. The fraction of sp³-hybridized carbons (Fsp3) is 0.455. The van der Waals surface area contributed by atoms with Gasteiger partial charge in [-0.2, -0.15) is 0 Å². The van der Waals surface area contributed by atoms with Crippen LogP contribution in [0.15, 0.2) is 30.5 Å². The summed E-state index contributed by atoms with van der Waals surface area (Å²) < 4.78 is 5.16. The second-order valence-electron chi connectivity index (χ2n) is 7.66. The van der Waals surface area contributed by atoms with E-state index >= 15 is 0 Å². The molecule has 1 aromatic carbocycles. The van der Waals surface area contributed by atoms with Gasteiger partial charge in [-0.05, 0) is 30.5 Å². The van der Waals surface area contributed by atoms with Gasteiger partial charge in [0.25, 0.3) is 0 Å². The van der Waals surface area contributed by atoms with E-state index in [0.29, 0.717) is 25.9 Å². The zero-order valence-electron chi connectivity index (χ0n) is 16.9. The van der Waals surface area contributed by atoms with Gasteiger partial charge in [-0.15, -0.1) is 0 Å². The molecule has 1 fully saturated rings. The predicted molar refractivity (Wildman–Crippen MR) is 107 cm³/mol. The van der Waals surface area contributed by atoms with E-state index in [2.05, 4.69) is 4.98 Å². The Hall–Kier alpha value is -2.96. The number of hydrogen-bond acceptors (Lipinski definition) is 5. The van der Waals surface area contributed by atoms with Gasteiger partial charge in [0.05, 0.1) is 25.3 Å². The van der Waals surface area contributed by atoms with Gasteiger partial charge in [0.15, 0.2) is 5.82 Å². The average Bonchev–Trinajstić information content (AvgIpc) is 3.24. The highest BCUT2D eigenvalue weighted by Crippen LogP contribution is 2.30. The molecule has 1 saturated heterocycles. The number of nitrogens with zero attached hydrogens (tertiary/aromatic N) is 4. The zero-order valence-corrected chi connectivity index (χ0v) is 16.9. The molecule has 2 aliphatic heterocycles. The van der Waals surface area contributed by atoms with E-state index in [9.17, 15) is 9.59 Å². The van der Waals surface area contributed by atoms with Gasteiger partial charge in [0, 0.05) is 44.7 Å². The number of amides is 2. The monoisotopic (exact) mass is 394 g/mol. The molecular weight excluding hydrogens is 368 g/mol. The van der Waals surface area contributed by atoms with Crippen molar-refractivity contribution in [2.45, 2.75) is 45.2 Å². The normalized spacial score (nSPS) is 18.5. The van der Waals surface area contributed by atoms with Crippen LogP contribution in [-0.4, -0.2) is 51.8 Å². The number of likely N-dealkylation sites (tertiary alicyclic amines) is 1. The van der Waals surface area contributed by atoms with Crippen LogP contribution in [0.25, 0.3) is 0 Å². The first kappa shape index (κ1) is 19.4. The van der Waals surface area contributed by atoms with Crippen LogP contribution >= 0.6 is 0 Å². The van der Waals surface area contributed by atoms with Gasteiger partial charge in [0.2, 0.25) is 11.8 Å². The maximum atomic E-state index is 12.7. The predicted octanol–water partition coefficient (Wildman–Crippen LogP) is 2.30. The molecule has 7 heteroatoms. The number of benzene rings is 1. The maximum absolute atomic E-state index is 12.7. The van der Waals surface area contributed by atoms with Crippen molar-refractivity contribution in [1.29, 1.82) is 0 Å². The van der Waals surface area contributed by atoms with Crippen LogP contribution in [0.4, 0.5) is 0 Å². The Morgan fingerprint density at radius 2 is 2.00 bits per heavy atom. The van der Waals surface area contributed by atoms with Gasteiger partial charge < -0.3 is 14.5 Å². The van der Waals surface area contributed by atoms with Gasteiger partial charge >= 0.3 is 0 Å². The number of carbonyl (C=O) groups is 2. The topological polar surface area (TPSA) is 75.6 Å². The quantitative estimate of drug-likeness (QED) is 0.795. The molecule has 29 heavy (non-hydrogen) atoms. The molecule has 0 bridgehead atoms. The summed E-state index contributed by atoms with van der Waals surface area (Å²) in [6.07, 6.45) is 4.81. The Labute approximate surface area is 170 Å². The first-order chi connectivity index (χ1) is 14.0. The Morgan fingerprint density at radius 3 is 2.72 bits per heavy atom. The second kappa shape index (κ2) is 8.19. The Bertz CT molecular complexity index is 913. The minimum absolute atomic E-state index is 0.0208. The summed E-state index contributed by atoms with van der Waals surface area (Å²) in [5.41, 5.74) is 2.97. The lowest BCUT2D eigenvalue weighted by molar-refractivity contribution is -0.131. The molecule has 4 rings (SSSR count). The molecule has 0 aliphatic carbocycles. The largest absolute Gasteiger partial charge is 0.497 e. The summed E-state index contributed by atoms with van der Waals surface area (Å²) in [4.78, 5) is 37.6. The van der Waals surface area contributed by atoms with Crippen LogP contribution in [0.2, 0.25) is 0 Å². The highest BCUT2D eigenvalue weighted by atomic mass is 16.5. The van der Waals surface area contributed by atoms with Crippen LogP contribution in [0.1, 0.15) is 48.5 Å². The summed E-state index contributed by atoms with van der Waals surface area (Å²) in [5.74, 6) is 1.69. The molecule has 7 nitrogen and oxygen atoms in total. The highest BCUT2D eigenvalue weighted by molar-refractivity contribution is 5.79. The Kier molecular flexibility index (Phi) is 5.47. The van der Waals surface area contributed by atoms with Crippen molar-refractivity contribution >= 4 is 11.8 Å². The van der Waals surface area contributed by atoms with Crippen molar-refractivity contribution in [1.82, 2.24) is 19.8 Å². The third-order valence-corrected chi connectivity index (χ3v) is 5.77. The Morgan fingerprint density at radius 1 is 1.21 bits per heavy atom. The molecule has 152 valence electrons. The van der Waals surface area contributed by atoms with E-state index in [1.807, 2.05) is 40.3 Å². The summed E-state index contributed by atoms with van der Waals surface area (Å²) >= 11 is 0. The van der Waals surface area contributed by atoms with E-state index < -0.39 is 0 Å². The molecule has 3 heterocycles. The number of carbonyl (C=O) groups excluding carboxylic acids is 2. The zero-order chi connectivity index (χ0) is 20.4. The number of hydrogen-bond donors (Lipinski definition) is 0. The molecule has 0 unspecified atom stereocenters. The summed E-state index contributed by atoms with van der Waals surface area (Å²) in [7, 11) is 1.63. The molecule has 2 aliphatic rings. The first-order valence-electron chi connectivity index (χ1n) is 10.1. The number of ether oxygens (including phenoxy) is 1. The standard InChI is InChI=1S/C22H26N4O3/c1-15(27)26-10-3-4-20(26)22-23-13-17-14-25(11-9-19(17)24-22)21(28)12-16-5-7-18(29-2)8-6-16/h5-8,13,20H,3-4,9-12,14H2,1-2H3/t20-/m1/s1. The van der Waals surface area contributed by atoms with Crippen LogP contribution < -0.4 is 4.74 Å². The molecule has 0 radical (unpaired) electrons. The van der Waals surface area contributed by atoms with Crippen molar-refractivity contribution in [2.75, 3.05) is 20.2 Å². The smallest absolute Gasteiger partial charge is 0.227 e. The van der Waals surface area contributed by atoms with E-state index in [0.717, 1.165) is 47.8 Å². The van der Waals surface area contributed by atoms with Crippen LogP contribution in [-0.2, 0) is 29.0 Å². The molecule has 2 amide bonds. The van der Waals surface area contributed by atoms with Crippen LogP contribution in [0.3, 0.4) is 0 Å². The lowest BCUT2D eigenvalue weighted by atomic mass is 10.0. The molecule has 0 spiro atoms. The van der Waals surface area contributed by atoms with Crippen molar-refractivity contribution < 1.29 is 14.3 Å². The average molecular weight is 394 g/mol. The summed E-state index contributed by atoms with van der Waals surface area (Å²) in [6.45, 7) is 3.56. The van der Waals surface area contributed by atoms with Crippen molar-refractivity contribution in [3.05, 3.63) is 53.1 Å². The number of aromatic nitrogens is 2. The van der Waals surface area contributed by atoms with Gasteiger partial charge in [-0.25, -0.2) is 9.97 Å². The van der Waals surface area contributed by atoms with E-state index in [1.54, 1.807) is 14.0 Å². The maximum Gasteiger partial charge on any atom is 0.227 e. The van der Waals surface area contributed by atoms with Crippen molar-refractivity contribution in [3.63, 3.8) is 0 Å². The lowest BCUT2D eigenvalue weighted by Gasteiger charge is -2.29. The van der Waals surface area contributed by atoms with E-state index in [4.69, 9.17) is 9.72 Å². The van der Waals surface area contributed by atoms with Crippen LogP contribution in [0, 0.1) is 0 Å². The summed E-state index contributed by atoms with van der Waals surface area (Å²) in [5, 5.41) is 0. The van der Waals surface area contributed by atoms with E-state index in [1.165, 1.54) is 0 Å². The fourth-order valence-corrected chi connectivity index (χ4v) is 4.15. The SMILES string of the molecule is COc1ccc(CC(=O)N2CCc3nc([C@H]4CCCN4C(C)=O)ncc3C2)cc1. The third kappa shape index (κ3) is 4.09. The Balaban J connectivity index is 1.43. The summed E-state index contributed by atoms with van der Waals surface area (Å²) in [6, 6.07) is 7.57. The minimum Gasteiger partial charge on any atom is -0.497 e. The van der Waals surface area contributed by atoms with Gasteiger partial charge in [0.1, 0.15) is 5.75 Å². The lowest BCUT2D eigenvalue weighted by Crippen LogP contribution is -2.38. The van der Waals surface area contributed by atoms with E-state index in [-0.39, 0.29) is 17.9 Å². The number of rotatable bonds is 4. The second-order valence-corrected chi connectivity index (χ2v) is 7.66. The number of fused-ring (bicyclic) bond motifs is 1. The van der Waals surface area contributed by atoms with Crippen molar-refractivity contribution in [3.8, 4) is 5.75 Å². The molecule has 2 aromatic rings. The third-order valence-electron chi connectivity index (χ3n) is 5.77. The van der Waals surface area contributed by atoms with Crippen LogP contribution in [0.5, 0.6) is 5.75 Å². The molecule has 0 saturated carbocycles. The molecular formula is C22H26N4O3. The van der Waals surface area contributed by atoms with Gasteiger partial charge in [-0.3, -0.25) is 9.59 Å². The highest BCUT2D eigenvalue weighted by Gasteiger charge is 2.31. The van der Waals surface area contributed by atoms with Gasteiger partial charge in [-0.1, -0.05) is 12.1 Å². The molecule has 1 atom stereocenters. The molecule has 0 N–H and O–H groups in total. The van der Waals surface area contributed by atoms with Crippen molar-refractivity contribution in [2.24, 2.45) is 0 Å². The fourth-order valence-electron chi connectivity index (χ4n) is 4.15. The minimum atomic E-state index is -0.0208.